The first-order valence-electron chi connectivity index (χ1n) is 5.92. The van der Waals surface area contributed by atoms with Gasteiger partial charge in [-0.05, 0) is 30.5 Å². The van der Waals surface area contributed by atoms with Gasteiger partial charge in [0.1, 0.15) is 0 Å². The molecule has 17 heavy (non-hydrogen) atoms. The number of rotatable bonds is 5. The van der Waals surface area contributed by atoms with E-state index in [1.165, 1.54) is 0 Å². The molecule has 1 aromatic heterocycles. The van der Waals surface area contributed by atoms with E-state index in [4.69, 9.17) is 0 Å². The van der Waals surface area contributed by atoms with Crippen molar-refractivity contribution in [1.82, 2.24) is 9.88 Å². The van der Waals surface area contributed by atoms with E-state index in [0.717, 1.165) is 5.56 Å². The number of thiol groups is 1. The maximum Gasteiger partial charge on any atom is 0.235 e. The fourth-order valence-corrected chi connectivity index (χ4v) is 1.69. The Morgan fingerprint density at radius 3 is 2.47 bits per heavy atom. The number of aromatic nitrogens is 1. The molecule has 1 heterocycles. The van der Waals surface area contributed by atoms with Crippen molar-refractivity contribution in [2.45, 2.75) is 32.6 Å². The fraction of sp³-hybridized carbons (Fsp3) is 0.538. The summed E-state index contributed by atoms with van der Waals surface area (Å²) in [7, 11) is 0. The molecule has 0 bridgehead atoms. The quantitative estimate of drug-likeness (QED) is 0.816. The Kier molecular flexibility index (Phi) is 5.48. The van der Waals surface area contributed by atoms with Crippen LogP contribution in [0.3, 0.4) is 0 Å². The predicted octanol–water partition coefficient (Wildman–Crippen LogP) is 2.38. The summed E-state index contributed by atoms with van der Waals surface area (Å²) in [6.45, 7) is 7.33. The SMILES string of the molecule is CCN(Cc1ccncc1)C(=O)C(S)C(C)C. The number of carbonyl (C=O) groups excluding carboxylic acids is 1. The maximum absolute atomic E-state index is 12.2. The average Bonchev–Trinajstić information content (AvgIpc) is 2.35. The van der Waals surface area contributed by atoms with E-state index >= 15 is 0 Å². The predicted molar refractivity (Wildman–Crippen MR) is 72.9 cm³/mol. The Morgan fingerprint density at radius 1 is 1.41 bits per heavy atom. The first-order chi connectivity index (χ1) is 8.06. The topological polar surface area (TPSA) is 33.2 Å². The van der Waals surface area contributed by atoms with E-state index < -0.39 is 0 Å². The standard InChI is InChI=1S/C13H20N2OS/c1-4-15(13(16)12(17)10(2)3)9-11-5-7-14-8-6-11/h5-8,10,12,17H,4,9H2,1-3H3. The summed E-state index contributed by atoms with van der Waals surface area (Å²) < 4.78 is 0. The van der Waals surface area contributed by atoms with Gasteiger partial charge in [-0.2, -0.15) is 12.6 Å². The lowest BCUT2D eigenvalue weighted by atomic mass is 10.1. The lowest BCUT2D eigenvalue weighted by Gasteiger charge is -2.25. The third kappa shape index (κ3) is 4.04. The molecule has 94 valence electrons. The summed E-state index contributed by atoms with van der Waals surface area (Å²) in [6, 6.07) is 3.86. The summed E-state index contributed by atoms with van der Waals surface area (Å²) in [5.41, 5.74) is 1.10. The number of hydrogen-bond donors (Lipinski definition) is 1. The van der Waals surface area contributed by atoms with Crippen LogP contribution >= 0.6 is 12.6 Å². The van der Waals surface area contributed by atoms with E-state index in [0.29, 0.717) is 13.1 Å². The van der Waals surface area contributed by atoms with Crippen LogP contribution in [0.5, 0.6) is 0 Å². The van der Waals surface area contributed by atoms with Gasteiger partial charge < -0.3 is 4.90 Å². The number of amides is 1. The van der Waals surface area contributed by atoms with E-state index in [2.05, 4.69) is 17.6 Å². The summed E-state index contributed by atoms with van der Waals surface area (Å²) in [5.74, 6) is 0.347. The Morgan fingerprint density at radius 2 is 2.00 bits per heavy atom. The van der Waals surface area contributed by atoms with Crippen LogP contribution in [0.25, 0.3) is 0 Å². The Labute approximate surface area is 109 Å². The molecule has 0 aromatic carbocycles. The van der Waals surface area contributed by atoms with Gasteiger partial charge in [0.15, 0.2) is 0 Å². The van der Waals surface area contributed by atoms with Gasteiger partial charge in [-0.15, -0.1) is 0 Å². The summed E-state index contributed by atoms with van der Waals surface area (Å²) in [5, 5.41) is -0.225. The zero-order valence-electron chi connectivity index (χ0n) is 10.6. The van der Waals surface area contributed by atoms with Gasteiger partial charge in [0.05, 0.1) is 5.25 Å². The number of hydrogen-bond acceptors (Lipinski definition) is 3. The molecule has 0 radical (unpaired) electrons. The zero-order chi connectivity index (χ0) is 12.8. The second kappa shape index (κ2) is 6.64. The molecule has 1 amide bonds. The summed E-state index contributed by atoms with van der Waals surface area (Å²) >= 11 is 4.38. The normalized spacial score (nSPS) is 12.5. The lowest BCUT2D eigenvalue weighted by Crippen LogP contribution is -2.38. The minimum absolute atomic E-state index is 0.0997. The van der Waals surface area contributed by atoms with E-state index in [-0.39, 0.29) is 17.1 Å². The van der Waals surface area contributed by atoms with Crippen LogP contribution in [0.15, 0.2) is 24.5 Å². The van der Waals surface area contributed by atoms with Gasteiger partial charge >= 0.3 is 0 Å². The number of nitrogens with zero attached hydrogens (tertiary/aromatic N) is 2. The summed E-state index contributed by atoms with van der Waals surface area (Å²) in [6.07, 6.45) is 3.49. The minimum atomic E-state index is -0.225. The molecule has 0 spiro atoms. The van der Waals surface area contributed by atoms with Gasteiger partial charge in [-0.25, -0.2) is 0 Å². The maximum atomic E-state index is 12.2. The Hall–Kier alpha value is -1.03. The Bertz CT molecular complexity index is 354. The highest BCUT2D eigenvalue weighted by molar-refractivity contribution is 7.81. The van der Waals surface area contributed by atoms with Gasteiger partial charge in [0.25, 0.3) is 0 Å². The lowest BCUT2D eigenvalue weighted by molar-refractivity contribution is -0.131. The van der Waals surface area contributed by atoms with Gasteiger partial charge in [-0.3, -0.25) is 9.78 Å². The van der Waals surface area contributed by atoms with Crippen LogP contribution in [0, 0.1) is 5.92 Å². The van der Waals surface area contributed by atoms with Crippen molar-refractivity contribution in [1.29, 1.82) is 0 Å². The second-order valence-electron chi connectivity index (χ2n) is 4.40. The monoisotopic (exact) mass is 252 g/mol. The molecule has 0 aliphatic heterocycles. The van der Waals surface area contributed by atoms with Crippen LogP contribution in [0.4, 0.5) is 0 Å². The molecule has 1 unspecified atom stereocenters. The molecule has 0 saturated heterocycles. The van der Waals surface area contributed by atoms with E-state index in [1.54, 1.807) is 12.4 Å². The highest BCUT2D eigenvalue weighted by Crippen LogP contribution is 2.14. The molecule has 0 aliphatic carbocycles. The van der Waals surface area contributed by atoms with Crippen molar-refractivity contribution < 1.29 is 4.79 Å². The van der Waals surface area contributed by atoms with Crippen molar-refractivity contribution in [3.8, 4) is 0 Å². The molecule has 0 aliphatic rings. The molecule has 1 atom stereocenters. The zero-order valence-corrected chi connectivity index (χ0v) is 11.5. The molecule has 4 heteroatoms. The molecule has 0 N–H and O–H groups in total. The van der Waals surface area contributed by atoms with Crippen LogP contribution in [-0.4, -0.2) is 27.6 Å². The van der Waals surface area contributed by atoms with Gasteiger partial charge in [0.2, 0.25) is 5.91 Å². The molecule has 1 aromatic rings. The second-order valence-corrected chi connectivity index (χ2v) is 4.95. The van der Waals surface area contributed by atoms with Crippen LogP contribution < -0.4 is 0 Å². The Balaban J connectivity index is 2.69. The molecular weight excluding hydrogens is 232 g/mol. The van der Waals surface area contributed by atoms with Crippen LogP contribution in [0.1, 0.15) is 26.3 Å². The highest BCUT2D eigenvalue weighted by Gasteiger charge is 2.22. The third-order valence-electron chi connectivity index (χ3n) is 2.70. The molecule has 0 saturated carbocycles. The molecule has 0 fully saturated rings. The van der Waals surface area contributed by atoms with Crippen LogP contribution in [0.2, 0.25) is 0 Å². The van der Waals surface area contributed by atoms with E-state index in [1.807, 2.05) is 37.8 Å². The van der Waals surface area contributed by atoms with Crippen molar-refractivity contribution in [2.75, 3.05) is 6.54 Å². The number of carbonyl (C=O) groups is 1. The van der Waals surface area contributed by atoms with Crippen molar-refractivity contribution in [3.63, 3.8) is 0 Å². The highest BCUT2D eigenvalue weighted by atomic mass is 32.1. The largest absolute Gasteiger partial charge is 0.338 e. The third-order valence-corrected chi connectivity index (χ3v) is 3.52. The summed E-state index contributed by atoms with van der Waals surface area (Å²) in [4.78, 5) is 17.9. The molecule has 3 nitrogen and oxygen atoms in total. The molecular formula is C13H20N2OS. The van der Waals surface area contributed by atoms with Crippen molar-refractivity contribution in [2.24, 2.45) is 5.92 Å². The van der Waals surface area contributed by atoms with Crippen LogP contribution in [-0.2, 0) is 11.3 Å². The van der Waals surface area contributed by atoms with Crippen molar-refractivity contribution in [3.05, 3.63) is 30.1 Å². The van der Waals surface area contributed by atoms with E-state index in [9.17, 15) is 4.79 Å². The first kappa shape index (κ1) is 14.0. The smallest absolute Gasteiger partial charge is 0.235 e. The molecule has 1 rings (SSSR count). The fourth-order valence-electron chi connectivity index (χ4n) is 1.53. The van der Waals surface area contributed by atoms with Gasteiger partial charge in [-0.1, -0.05) is 13.8 Å². The first-order valence-corrected chi connectivity index (χ1v) is 6.43. The average molecular weight is 252 g/mol. The minimum Gasteiger partial charge on any atom is -0.338 e. The van der Waals surface area contributed by atoms with Gasteiger partial charge in [0, 0.05) is 25.5 Å². The number of pyridine rings is 1. The van der Waals surface area contributed by atoms with Crippen molar-refractivity contribution >= 4 is 18.5 Å².